The lowest BCUT2D eigenvalue weighted by molar-refractivity contribution is -0.124. The summed E-state index contributed by atoms with van der Waals surface area (Å²) in [6.45, 7) is 2.24. The van der Waals surface area contributed by atoms with E-state index in [0.29, 0.717) is 12.2 Å². The number of nitrogens with zero attached hydrogens (tertiary/aromatic N) is 1. The molecule has 0 aliphatic rings. The molecule has 0 unspecified atom stereocenters. The highest BCUT2D eigenvalue weighted by Crippen LogP contribution is 2.22. The Labute approximate surface area is 171 Å². The number of unbranched alkanes of at least 4 members (excludes halogenated alkanes) is 2. The first-order valence-electron chi connectivity index (χ1n) is 9.44. The highest BCUT2D eigenvalue weighted by atomic mass is 32.2. The number of esters is 1. The normalized spacial score (nSPS) is 11.0. The molecule has 0 fully saturated rings. The third kappa shape index (κ3) is 6.32. The number of para-hydroxylation sites is 1. The van der Waals surface area contributed by atoms with E-state index < -0.39 is 16.0 Å². The molecule has 0 aliphatic carbocycles. The molecule has 1 N–H and O–H groups in total. The zero-order chi connectivity index (χ0) is 21.3. The van der Waals surface area contributed by atoms with Crippen molar-refractivity contribution in [2.75, 3.05) is 24.5 Å². The number of benzene rings is 2. The van der Waals surface area contributed by atoms with Gasteiger partial charge in [0.15, 0.2) is 6.61 Å². The summed E-state index contributed by atoms with van der Waals surface area (Å²) in [7, 11) is -2.29. The van der Waals surface area contributed by atoms with Crippen LogP contribution in [0.3, 0.4) is 0 Å². The van der Waals surface area contributed by atoms with Crippen molar-refractivity contribution in [2.24, 2.45) is 0 Å². The minimum absolute atomic E-state index is 0.0501. The SMILES string of the molecule is CCCCCNC(=O)COC(=O)c1ccc(S(=O)(=O)N(C)c2ccccc2)cc1. The van der Waals surface area contributed by atoms with Gasteiger partial charge in [-0.1, -0.05) is 38.0 Å². The molecule has 0 radical (unpaired) electrons. The maximum atomic E-state index is 12.7. The molecule has 0 saturated carbocycles. The average Bonchev–Trinajstić information content (AvgIpc) is 2.75. The first-order valence-corrected chi connectivity index (χ1v) is 10.9. The number of ether oxygens (including phenoxy) is 1. The van der Waals surface area contributed by atoms with Gasteiger partial charge in [0.1, 0.15) is 0 Å². The summed E-state index contributed by atoms with van der Waals surface area (Å²) < 4.78 is 31.6. The number of rotatable bonds is 10. The van der Waals surface area contributed by atoms with Crippen LogP contribution >= 0.6 is 0 Å². The van der Waals surface area contributed by atoms with Crippen LogP contribution < -0.4 is 9.62 Å². The van der Waals surface area contributed by atoms with E-state index in [1.165, 1.54) is 35.6 Å². The lowest BCUT2D eigenvalue weighted by Gasteiger charge is -2.19. The van der Waals surface area contributed by atoms with Gasteiger partial charge < -0.3 is 10.1 Å². The first-order chi connectivity index (χ1) is 13.9. The molecular formula is C21H26N2O5S. The Balaban J connectivity index is 1.95. The number of sulfonamides is 1. The van der Waals surface area contributed by atoms with Gasteiger partial charge in [0, 0.05) is 13.6 Å². The Kier molecular flexibility index (Phi) is 8.21. The van der Waals surface area contributed by atoms with E-state index >= 15 is 0 Å². The van der Waals surface area contributed by atoms with Crippen LogP contribution in [0.4, 0.5) is 5.69 Å². The van der Waals surface area contributed by atoms with E-state index in [1.54, 1.807) is 30.3 Å². The number of hydrogen-bond acceptors (Lipinski definition) is 5. The Morgan fingerprint density at radius 2 is 1.66 bits per heavy atom. The topological polar surface area (TPSA) is 92.8 Å². The minimum Gasteiger partial charge on any atom is -0.452 e. The number of nitrogens with one attached hydrogen (secondary N) is 1. The highest BCUT2D eigenvalue weighted by Gasteiger charge is 2.21. The van der Waals surface area contributed by atoms with Crippen LogP contribution in [0.2, 0.25) is 0 Å². The van der Waals surface area contributed by atoms with Crippen molar-refractivity contribution >= 4 is 27.6 Å². The molecule has 7 nitrogen and oxygen atoms in total. The van der Waals surface area contributed by atoms with Crippen molar-refractivity contribution in [2.45, 2.75) is 31.1 Å². The van der Waals surface area contributed by atoms with Crippen LogP contribution in [-0.4, -0.2) is 40.5 Å². The monoisotopic (exact) mass is 418 g/mol. The second-order valence-corrected chi connectivity index (χ2v) is 8.43. The predicted molar refractivity (Wildman–Crippen MR) is 111 cm³/mol. The minimum atomic E-state index is -3.76. The fourth-order valence-electron chi connectivity index (χ4n) is 2.57. The second kappa shape index (κ2) is 10.6. The molecule has 2 rings (SSSR count). The predicted octanol–water partition coefficient (Wildman–Crippen LogP) is 2.97. The van der Waals surface area contributed by atoms with Crippen LogP contribution in [0.15, 0.2) is 59.5 Å². The van der Waals surface area contributed by atoms with Crippen LogP contribution in [-0.2, 0) is 19.6 Å². The number of anilines is 1. The van der Waals surface area contributed by atoms with Crippen molar-refractivity contribution in [3.63, 3.8) is 0 Å². The quantitative estimate of drug-likeness (QED) is 0.473. The van der Waals surface area contributed by atoms with Gasteiger partial charge in [0.25, 0.3) is 15.9 Å². The van der Waals surface area contributed by atoms with E-state index in [1.807, 2.05) is 0 Å². The molecule has 29 heavy (non-hydrogen) atoms. The van der Waals surface area contributed by atoms with Gasteiger partial charge in [0.2, 0.25) is 0 Å². The van der Waals surface area contributed by atoms with Crippen molar-refractivity contribution in [1.82, 2.24) is 5.32 Å². The zero-order valence-corrected chi connectivity index (χ0v) is 17.4. The number of carbonyl (C=O) groups excluding carboxylic acids is 2. The van der Waals surface area contributed by atoms with Crippen molar-refractivity contribution < 1.29 is 22.7 Å². The molecule has 0 bridgehead atoms. The lowest BCUT2D eigenvalue weighted by atomic mass is 10.2. The highest BCUT2D eigenvalue weighted by molar-refractivity contribution is 7.92. The average molecular weight is 419 g/mol. The van der Waals surface area contributed by atoms with Gasteiger partial charge in [-0.25, -0.2) is 13.2 Å². The molecule has 2 aromatic rings. The lowest BCUT2D eigenvalue weighted by Crippen LogP contribution is -2.29. The molecule has 1 amide bonds. The van der Waals surface area contributed by atoms with Gasteiger partial charge in [-0.05, 0) is 42.8 Å². The van der Waals surface area contributed by atoms with Crippen LogP contribution in [0, 0.1) is 0 Å². The zero-order valence-electron chi connectivity index (χ0n) is 16.6. The molecule has 156 valence electrons. The number of hydrogen-bond donors (Lipinski definition) is 1. The van der Waals surface area contributed by atoms with E-state index in [2.05, 4.69) is 12.2 Å². The van der Waals surface area contributed by atoms with Gasteiger partial charge >= 0.3 is 5.97 Å². The first kappa shape index (κ1) is 22.4. The summed E-state index contributed by atoms with van der Waals surface area (Å²) in [5.41, 5.74) is 0.700. The summed E-state index contributed by atoms with van der Waals surface area (Å²) in [4.78, 5) is 23.8. The third-order valence-corrected chi connectivity index (χ3v) is 6.10. The molecule has 0 atom stereocenters. The van der Waals surface area contributed by atoms with Crippen LogP contribution in [0.1, 0.15) is 36.5 Å². The van der Waals surface area contributed by atoms with Crippen molar-refractivity contribution in [3.8, 4) is 0 Å². The summed E-state index contributed by atoms with van der Waals surface area (Å²) in [6.07, 6.45) is 2.95. The van der Waals surface area contributed by atoms with Gasteiger partial charge in [0.05, 0.1) is 16.1 Å². The van der Waals surface area contributed by atoms with E-state index in [0.717, 1.165) is 19.3 Å². The molecule has 0 saturated heterocycles. The number of amides is 1. The van der Waals surface area contributed by atoms with Gasteiger partial charge in [-0.3, -0.25) is 9.10 Å². The molecule has 0 spiro atoms. The van der Waals surface area contributed by atoms with E-state index in [4.69, 9.17) is 4.74 Å². The number of carbonyl (C=O) groups is 2. The standard InChI is InChI=1S/C21H26N2O5S/c1-3-4-8-15-22-20(24)16-28-21(25)17-11-13-19(14-12-17)29(26,27)23(2)18-9-6-5-7-10-18/h5-7,9-14H,3-4,8,15-16H2,1-2H3,(H,22,24). The summed E-state index contributed by atoms with van der Waals surface area (Å²) in [5.74, 6) is -1.05. The third-order valence-electron chi connectivity index (χ3n) is 4.31. The Bertz CT molecular complexity index is 912. The molecule has 0 aliphatic heterocycles. The van der Waals surface area contributed by atoms with Crippen LogP contribution in [0.25, 0.3) is 0 Å². The summed E-state index contributed by atoms with van der Waals surface area (Å²) in [6, 6.07) is 14.1. The summed E-state index contributed by atoms with van der Waals surface area (Å²) in [5, 5.41) is 2.68. The Morgan fingerprint density at radius 1 is 1.00 bits per heavy atom. The Morgan fingerprint density at radius 3 is 2.28 bits per heavy atom. The van der Waals surface area contributed by atoms with Gasteiger partial charge in [-0.15, -0.1) is 0 Å². The molecule has 2 aromatic carbocycles. The van der Waals surface area contributed by atoms with E-state index in [-0.39, 0.29) is 23.0 Å². The second-order valence-electron chi connectivity index (χ2n) is 6.47. The largest absolute Gasteiger partial charge is 0.452 e. The van der Waals surface area contributed by atoms with E-state index in [9.17, 15) is 18.0 Å². The van der Waals surface area contributed by atoms with Crippen LogP contribution in [0.5, 0.6) is 0 Å². The fourth-order valence-corrected chi connectivity index (χ4v) is 3.76. The molecule has 0 aromatic heterocycles. The smallest absolute Gasteiger partial charge is 0.338 e. The van der Waals surface area contributed by atoms with Gasteiger partial charge in [-0.2, -0.15) is 0 Å². The van der Waals surface area contributed by atoms with Crippen molar-refractivity contribution in [3.05, 3.63) is 60.2 Å². The maximum Gasteiger partial charge on any atom is 0.338 e. The summed E-state index contributed by atoms with van der Waals surface area (Å²) >= 11 is 0. The molecule has 8 heteroatoms. The fraction of sp³-hybridized carbons (Fsp3) is 0.333. The Hall–Kier alpha value is -2.87. The van der Waals surface area contributed by atoms with Crippen molar-refractivity contribution in [1.29, 1.82) is 0 Å². The maximum absolute atomic E-state index is 12.7. The molecule has 0 heterocycles. The molecular weight excluding hydrogens is 392 g/mol.